The Kier molecular flexibility index (Phi) is 8.79. The molecule has 4 bridgehead atoms. The fourth-order valence-corrected chi connectivity index (χ4v) is 11.4. The van der Waals surface area contributed by atoms with Crippen molar-refractivity contribution in [2.75, 3.05) is 13.1 Å². The largest absolute Gasteiger partial charge is 0.481 e. The minimum absolute atomic E-state index is 0.00112. The van der Waals surface area contributed by atoms with Crippen LogP contribution in [0.15, 0.2) is 36.0 Å². The molecule has 45 heavy (non-hydrogen) atoms. The summed E-state index contributed by atoms with van der Waals surface area (Å²) in [4.78, 5) is 45.9. The predicted molar refractivity (Wildman–Crippen MR) is 170 cm³/mol. The number of carboxylic acids is 2. The van der Waals surface area contributed by atoms with Crippen LogP contribution < -0.4 is 0 Å². The Morgan fingerprint density at radius 1 is 1.20 bits per heavy atom. The molecule has 2 heterocycles. The van der Waals surface area contributed by atoms with Gasteiger partial charge in [-0.25, -0.2) is 0 Å². The topological polar surface area (TPSA) is 117 Å². The monoisotopic (exact) mass is 620 g/mol. The second kappa shape index (κ2) is 12.2. The number of aromatic nitrogens is 1. The molecule has 246 valence electrons. The van der Waals surface area contributed by atoms with Crippen LogP contribution in [0.2, 0.25) is 0 Å². The summed E-state index contributed by atoms with van der Waals surface area (Å²) in [6.07, 6.45) is 12.0. The molecule has 0 aromatic carbocycles. The van der Waals surface area contributed by atoms with Crippen molar-refractivity contribution in [1.29, 1.82) is 0 Å². The maximum Gasteiger partial charge on any atom is 0.315 e. The number of carbonyl (C=O) groups excluding carboxylic acids is 1. The molecule has 3 saturated carbocycles. The first-order valence-corrected chi connectivity index (χ1v) is 17.5. The van der Waals surface area contributed by atoms with Gasteiger partial charge in [-0.05, 0) is 79.7 Å². The Hall–Kier alpha value is -2.58. The van der Waals surface area contributed by atoms with E-state index in [1.165, 1.54) is 0 Å². The third-order valence-electron chi connectivity index (χ3n) is 13.1. The van der Waals surface area contributed by atoms with E-state index in [-0.39, 0.29) is 42.3 Å². The third-order valence-corrected chi connectivity index (χ3v) is 13.1. The van der Waals surface area contributed by atoms with Crippen molar-refractivity contribution in [2.24, 2.45) is 51.8 Å². The van der Waals surface area contributed by atoms with Gasteiger partial charge in [0.05, 0.1) is 29.7 Å². The summed E-state index contributed by atoms with van der Waals surface area (Å²) in [6, 6.07) is 5.79. The van der Waals surface area contributed by atoms with Crippen LogP contribution in [0.5, 0.6) is 0 Å². The molecule has 0 spiro atoms. The van der Waals surface area contributed by atoms with E-state index in [0.717, 1.165) is 62.5 Å². The van der Waals surface area contributed by atoms with Crippen LogP contribution in [-0.2, 0) is 25.7 Å². The van der Waals surface area contributed by atoms with E-state index < -0.39 is 28.2 Å². The first kappa shape index (κ1) is 32.4. The number of rotatable bonds is 14. The van der Waals surface area contributed by atoms with E-state index in [1.54, 1.807) is 6.20 Å². The van der Waals surface area contributed by atoms with Gasteiger partial charge in [-0.1, -0.05) is 64.7 Å². The zero-order chi connectivity index (χ0) is 32.1. The number of fused-ring (bicyclic) bond motifs is 2. The number of ether oxygens (including phenoxy) is 1. The van der Waals surface area contributed by atoms with Gasteiger partial charge in [0, 0.05) is 31.2 Å². The maximum absolute atomic E-state index is 14.0. The predicted octanol–water partition coefficient (Wildman–Crippen LogP) is 6.25. The minimum Gasteiger partial charge on any atom is -0.481 e. The van der Waals surface area contributed by atoms with E-state index in [9.17, 15) is 24.6 Å². The lowest BCUT2D eigenvalue weighted by Gasteiger charge is -2.60. The second-order valence-electron chi connectivity index (χ2n) is 15.4. The number of carbonyl (C=O) groups is 3. The van der Waals surface area contributed by atoms with Gasteiger partial charge in [0.1, 0.15) is 11.7 Å². The standard InChI is InChI=1S/C37H52N2O6/c1-5-6-9-25-16-32(45-31(25)21-39(15-13-33(41)42)20-27-10-7-8-14-38-27)36-19-28-24(4)11-12-29(28)35(22-40)18-26(36)17-30(23(2)3)37(35,36)34(43)44/h7-8,10,14,17,22-26,28-29,31-32H,5-6,9,11-13,15-16,18-21H2,1-4H3,(H,41,42)(H,43,44)/t24-,25?,26?,28-,29-,31?,32?,35?,36?,37?/m1/s1. The van der Waals surface area contributed by atoms with Gasteiger partial charge in [-0.15, -0.1) is 0 Å². The molecule has 2 N–H and O–H groups in total. The molecule has 1 saturated heterocycles. The number of aldehydes is 1. The van der Waals surface area contributed by atoms with Gasteiger partial charge in [0.15, 0.2) is 0 Å². The Bertz CT molecular complexity index is 1310. The average Bonchev–Trinajstić information content (AvgIpc) is 3.72. The van der Waals surface area contributed by atoms with Crippen molar-refractivity contribution in [3.05, 3.63) is 41.7 Å². The zero-order valence-electron chi connectivity index (χ0n) is 27.5. The molecular weight excluding hydrogens is 568 g/mol. The fraction of sp³-hybridized carbons (Fsp3) is 0.730. The first-order valence-electron chi connectivity index (χ1n) is 17.5. The molecule has 1 aromatic heterocycles. The van der Waals surface area contributed by atoms with Crippen molar-refractivity contribution in [3.63, 3.8) is 0 Å². The molecule has 0 amide bonds. The van der Waals surface area contributed by atoms with Gasteiger partial charge in [0.2, 0.25) is 0 Å². The lowest BCUT2D eigenvalue weighted by atomic mass is 9.41. The summed E-state index contributed by atoms with van der Waals surface area (Å²) in [5.74, 6) is -0.530. The van der Waals surface area contributed by atoms with Crippen LogP contribution in [-0.4, -0.2) is 63.6 Å². The number of aliphatic carboxylic acids is 2. The summed E-state index contributed by atoms with van der Waals surface area (Å²) >= 11 is 0. The van der Waals surface area contributed by atoms with Crippen LogP contribution in [0.3, 0.4) is 0 Å². The Labute approximate surface area is 268 Å². The van der Waals surface area contributed by atoms with Gasteiger partial charge >= 0.3 is 11.9 Å². The van der Waals surface area contributed by atoms with Gasteiger partial charge in [-0.2, -0.15) is 0 Å². The second-order valence-corrected chi connectivity index (χ2v) is 15.4. The number of allylic oxidation sites excluding steroid dienone is 1. The number of nitrogens with zero attached hydrogens (tertiary/aromatic N) is 2. The lowest BCUT2D eigenvalue weighted by Crippen LogP contribution is -2.65. The normalized spacial score (nSPS) is 39.8. The van der Waals surface area contributed by atoms with Gasteiger partial charge < -0.3 is 19.7 Å². The van der Waals surface area contributed by atoms with Crippen LogP contribution in [0.25, 0.3) is 0 Å². The molecule has 4 fully saturated rings. The number of pyridine rings is 1. The number of hydrogen-bond acceptors (Lipinski definition) is 6. The van der Waals surface area contributed by atoms with E-state index in [1.807, 2.05) is 18.2 Å². The summed E-state index contributed by atoms with van der Waals surface area (Å²) in [5.41, 5.74) is -0.983. The Balaban J connectivity index is 1.39. The number of hydrogen-bond donors (Lipinski definition) is 2. The molecule has 10 atom stereocenters. The van der Waals surface area contributed by atoms with Crippen molar-refractivity contribution >= 4 is 18.2 Å². The van der Waals surface area contributed by atoms with Gasteiger partial charge in [-0.3, -0.25) is 19.5 Å². The Morgan fingerprint density at radius 2 is 2.00 bits per heavy atom. The van der Waals surface area contributed by atoms with Crippen molar-refractivity contribution in [3.8, 4) is 0 Å². The van der Waals surface area contributed by atoms with Crippen LogP contribution in [0.4, 0.5) is 0 Å². The number of carboxylic acid groups (broad SMARTS) is 2. The van der Waals surface area contributed by atoms with Gasteiger partial charge in [0.25, 0.3) is 0 Å². The van der Waals surface area contributed by atoms with E-state index >= 15 is 0 Å². The van der Waals surface area contributed by atoms with E-state index in [2.05, 4.69) is 43.7 Å². The van der Waals surface area contributed by atoms with Crippen molar-refractivity contribution < 1.29 is 29.3 Å². The molecule has 4 aliphatic carbocycles. The first-order chi connectivity index (χ1) is 21.5. The molecule has 5 aliphatic rings. The summed E-state index contributed by atoms with van der Waals surface area (Å²) in [7, 11) is 0. The summed E-state index contributed by atoms with van der Waals surface area (Å²) in [6.45, 7) is 10.2. The van der Waals surface area contributed by atoms with Crippen LogP contribution in [0, 0.1) is 51.8 Å². The third kappa shape index (κ3) is 4.75. The fourth-order valence-electron chi connectivity index (χ4n) is 11.4. The molecule has 7 unspecified atom stereocenters. The lowest BCUT2D eigenvalue weighted by molar-refractivity contribution is -0.197. The van der Waals surface area contributed by atoms with Crippen LogP contribution >= 0.6 is 0 Å². The average molecular weight is 621 g/mol. The molecule has 1 aromatic rings. The SMILES string of the molecule is CCCCC1CC(C23C[C@@H]4[C@H](C)CC[C@H]4C4(C=O)CC2C=C(C(C)C)C34C(=O)O)OC1CN(CCC(=O)O)Cc1ccccn1. The van der Waals surface area contributed by atoms with E-state index in [0.29, 0.717) is 37.9 Å². The smallest absolute Gasteiger partial charge is 0.315 e. The van der Waals surface area contributed by atoms with Crippen molar-refractivity contribution in [1.82, 2.24) is 9.88 Å². The molecule has 8 heteroatoms. The van der Waals surface area contributed by atoms with E-state index in [4.69, 9.17) is 4.74 Å². The van der Waals surface area contributed by atoms with Crippen molar-refractivity contribution in [2.45, 2.75) is 104 Å². The maximum atomic E-state index is 14.0. The summed E-state index contributed by atoms with van der Waals surface area (Å²) in [5, 5.41) is 21.0. The molecule has 8 nitrogen and oxygen atoms in total. The minimum atomic E-state index is -1.25. The zero-order valence-corrected chi connectivity index (χ0v) is 27.5. The Morgan fingerprint density at radius 3 is 2.64 bits per heavy atom. The number of unbranched alkanes of at least 4 members (excludes halogenated alkanes) is 1. The molecule has 1 aliphatic heterocycles. The highest BCUT2D eigenvalue weighted by Gasteiger charge is 2.86. The molecular formula is C37H52N2O6. The molecule has 0 radical (unpaired) electrons. The molecule has 6 rings (SSSR count). The quantitative estimate of drug-likeness (QED) is 0.185. The highest BCUT2D eigenvalue weighted by atomic mass is 16.5. The highest BCUT2D eigenvalue weighted by Crippen LogP contribution is 2.84. The highest BCUT2D eigenvalue weighted by molar-refractivity contribution is 5.90. The van der Waals surface area contributed by atoms with Crippen LogP contribution in [0.1, 0.15) is 91.2 Å². The summed E-state index contributed by atoms with van der Waals surface area (Å²) < 4.78 is 7.24.